The van der Waals surface area contributed by atoms with Gasteiger partial charge in [-0.2, -0.15) is 0 Å². The van der Waals surface area contributed by atoms with E-state index in [2.05, 4.69) is 21.9 Å². The van der Waals surface area contributed by atoms with Gasteiger partial charge in [-0.1, -0.05) is 6.58 Å². The molecule has 0 aromatic carbocycles. The van der Waals surface area contributed by atoms with Crippen molar-refractivity contribution in [1.82, 2.24) is 10.3 Å². The molecule has 2 N–H and O–H groups in total. The smallest absolute Gasteiger partial charge is 0.257 e. The Morgan fingerprint density at radius 2 is 2.39 bits per heavy atom. The summed E-state index contributed by atoms with van der Waals surface area (Å²) >= 11 is 0. The lowest BCUT2D eigenvalue weighted by atomic mass is 9.97. The van der Waals surface area contributed by atoms with Crippen LogP contribution in [0.15, 0.2) is 45.8 Å². The third kappa shape index (κ3) is 2.29. The highest BCUT2D eigenvalue weighted by molar-refractivity contribution is 5.84. The van der Waals surface area contributed by atoms with Crippen LogP contribution in [0.25, 0.3) is 5.70 Å². The number of hydrogen-bond donors (Lipinski definition) is 2. The fourth-order valence-corrected chi connectivity index (χ4v) is 1.81. The number of H-pyrrole nitrogens is 1. The summed E-state index contributed by atoms with van der Waals surface area (Å²) in [4.78, 5) is 29.0. The third-order valence-electron chi connectivity index (χ3n) is 2.71. The first kappa shape index (κ1) is 12.0. The van der Waals surface area contributed by atoms with E-state index in [4.69, 9.17) is 0 Å². The van der Waals surface area contributed by atoms with Gasteiger partial charge in [0, 0.05) is 31.0 Å². The Hall–Kier alpha value is -2.43. The zero-order valence-electron chi connectivity index (χ0n) is 9.77. The van der Waals surface area contributed by atoms with E-state index in [9.17, 15) is 9.59 Å². The number of nitrogens with one attached hydrogen (secondary N) is 2. The second kappa shape index (κ2) is 5.27. The Labute approximate surface area is 104 Å². The number of aromatic nitrogens is 1. The molecule has 0 saturated heterocycles. The Morgan fingerprint density at radius 3 is 3.11 bits per heavy atom. The average Bonchev–Trinajstić information content (AvgIpc) is 2.38. The lowest BCUT2D eigenvalue weighted by Crippen LogP contribution is -2.20. The van der Waals surface area contributed by atoms with Crippen LogP contribution in [0, 0.1) is 0 Å². The number of aromatic amines is 1. The van der Waals surface area contributed by atoms with Crippen LogP contribution in [0.3, 0.4) is 0 Å². The maximum absolute atomic E-state index is 11.8. The molecule has 1 amide bonds. The summed E-state index contributed by atoms with van der Waals surface area (Å²) < 4.78 is 0. The van der Waals surface area contributed by atoms with E-state index < -0.39 is 0 Å². The van der Waals surface area contributed by atoms with Crippen LogP contribution in [-0.4, -0.2) is 24.2 Å². The normalized spacial score (nSPS) is 14.8. The predicted octanol–water partition coefficient (Wildman–Crippen LogP) is 0.863. The Balaban J connectivity index is 2.52. The van der Waals surface area contributed by atoms with Gasteiger partial charge in [0.15, 0.2) is 0 Å². The minimum atomic E-state index is -0.206. The van der Waals surface area contributed by atoms with Crippen molar-refractivity contribution in [2.45, 2.75) is 6.42 Å². The van der Waals surface area contributed by atoms with Gasteiger partial charge in [-0.25, -0.2) is 0 Å². The van der Waals surface area contributed by atoms with Gasteiger partial charge < -0.3 is 10.3 Å². The summed E-state index contributed by atoms with van der Waals surface area (Å²) in [6.45, 7) is 4.26. The molecule has 0 saturated carbocycles. The molecule has 0 atom stereocenters. The Morgan fingerprint density at radius 1 is 1.56 bits per heavy atom. The zero-order chi connectivity index (χ0) is 13.0. The number of carbonyl (C=O) groups excluding carboxylic acids is 1. The van der Waals surface area contributed by atoms with E-state index in [0.717, 1.165) is 11.1 Å². The van der Waals surface area contributed by atoms with Gasteiger partial charge in [0.2, 0.25) is 6.41 Å². The van der Waals surface area contributed by atoms with Crippen LogP contribution in [0.5, 0.6) is 0 Å². The molecule has 1 aliphatic rings. The van der Waals surface area contributed by atoms with E-state index in [1.165, 1.54) is 0 Å². The van der Waals surface area contributed by atoms with Crippen molar-refractivity contribution in [3.63, 3.8) is 0 Å². The highest BCUT2D eigenvalue weighted by atomic mass is 16.1. The number of aliphatic imine (C=N–C) groups is 1. The number of hydrogen-bond acceptors (Lipinski definition) is 3. The average molecular weight is 243 g/mol. The van der Waals surface area contributed by atoms with Crippen molar-refractivity contribution >= 4 is 18.3 Å². The summed E-state index contributed by atoms with van der Waals surface area (Å²) in [6, 6.07) is 3.44. The first-order valence-electron chi connectivity index (χ1n) is 5.53. The predicted molar refractivity (Wildman–Crippen MR) is 70.3 cm³/mol. The van der Waals surface area contributed by atoms with Crippen molar-refractivity contribution < 1.29 is 4.79 Å². The zero-order valence-corrected chi connectivity index (χ0v) is 9.77. The molecule has 18 heavy (non-hydrogen) atoms. The van der Waals surface area contributed by atoms with Crippen molar-refractivity contribution in [2.75, 3.05) is 6.54 Å². The quantitative estimate of drug-likeness (QED) is 0.770. The van der Waals surface area contributed by atoms with Gasteiger partial charge in [-0.3, -0.25) is 14.6 Å². The number of rotatable bonds is 4. The third-order valence-corrected chi connectivity index (χ3v) is 2.71. The van der Waals surface area contributed by atoms with Crippen molar-refractivity contribution in [3.05, 3.63) is 52.0 Å². The number of carbonyl (C=O) groups is 1. The van der Waals surface area contributed by atoms with E-state index >= 15 is 0 Å². The number of nitrogens with zero attached hydrogens (tertiary/aromatic N) is 1. The Bertz CT molecular complexity index is 596. The number of amides is 1. The SMILES string of the molecule is C=C1CC=NC(c2ccc[nH]c2=O)=C1CNC=O. The van der Waals surface area contributed by atoms with E-state index in [0.29, 0.717) is 30.6 Å². The molecule has 1 aromatic rings. The highest BCUT2D eigenvalue weighted by Gasteiger charge is 2.16. The van der Waals surface area contributed by atoms with Gasteiger partial charge in [0.05, 0.1) is 11.3 Å². The maximum atomic E-state index is 11.8. The summed E-state index contributed by atoms with van der Waals surface area (Å²) in [6.07, 6.45) is 4.53. The van der Waals surface area contributed by atoms with E-state index in [1.54, 1.807) is 24.5 Å². The lowest BCUT2D eigenvalue weighted by molar-refractivity contribution is -0.109. The Kier molecular flexibility index (Phi) is 3.52. The standard InChI is InChI=1S/C13H13N3O2/c1-9-4-6-15-12(11(9)7-14-8-17)10-3-2-5-16-13(10)18/h2-3,5-6,8H,1,4,7H2,(H,14,17)(H,16,18). The van der Waals surface area contributed by atoms with Crippen LogP contribution in [0.2, 0.25) is 0 Å². The van der Waals surface area contributed by atoms with Crippen LogP contribution in [-0.2, 0) is 4.79 Å². The fraction of sp³-hybridized carbons (Fsp3) is 0.154. The van der Waals surface area contributed by atoms with E-state index in [-0.39, 0.29) is 5.56 Å². The molecule has 2 rings (SSSR count). The second-order valence-electron chi connectivity index (χ2n) is 3.86. The van der Waals surface area contributed by atoms with Crippen molar-refractivity contribution in [1.29, 1.82) is 0 Å². The van der Waals surface area contributed by atoms with Crippen molar-refractivity contribution in [2.24, 2.45) is 4.99 Å². The van der Waals surface area contributed by atoms with Crippen LogP contribution in [0.1, 0.15) is 12.0 Å². The molecule has 0 radical (unpaired) electrons. The van der Waals surface area contributed by atoms with Gasteiger partial charge >= 0.3 is 0 Å². The molecule has 2 heterocycles. The van der Waals surface area contributed by atoms with Gasteiger partial charge in [-0.05, 0) is 17.7 Å². The molecular weight excluding hydrogens is 230 g/mol. The molecule has 92 valence electrons. The number of pyridine rings is 1. The fourth-order valence-electron chi connectivity index (χ4n) is 1.81. The first-order chi connectivity index (χ1) is 8.74. The summed E-state index contributed by atoms with van der Waals surface area (Å²) in [5, 5.41) is 2.58. The van der Waals surface area contributed by atoms with E-state index in [1.807, 2.05) is 0 Å². The largest absolute Gasteiger partial charge is 0.355 e. The highest BCUT2D eigenvalue weighted by Crippen LogP contribution is 2.26. The molecule has 5 heteroatoms. The summed E-state index contributed by atoms with van der Waals surface area (Å²) in [5.41, 5.74) is 2.50. The van der Waals surface area contributed by atoms with Crippen LogP contribution >= 0.6 is 0 Å². The van der Waals surface area contributed by atoms with Gasteiger partial charge in [0.25, 0.3) is 5.56 Å². The first-order valence-corrected chi connectivity index (χ1v) is 5.53. The molecule has 1 aromatic heterocycles. The van der Waals surface area contributed by atoms with Gasteiger partial charge in [-0.15, -0.1) is 0 Å². The molecule has 0 spiro atoms. The molecule has 5 nitrogen and oxygen atoms in total. The minimum absolute atomic E-state index is 0.206. The van der Waals surface area contributed by atoms with Crippen LogP contribution < -0.4 is 10.9 Å². The monoisotopic (exact) mass is 243 g/mol. The molecule has 0 fully saturated rings. The van der Waals surface area contributed by atoms with Crippen LogP contribution in [0.4, 0.5) is 0 Å². The van der Waals surface area contributed by atoms with Gasteiger partial charge in [0.1, 0.15) is 0 Å². The summed E-state index contributed by atoms with van der Waals surface area (Å²) in [7, 11) is 0. The molecule has 1 aliphatic heterocycles. The minimum Gasteiger partial charge on any atom is -0.355 e. The second-order valence-corrected chi connectivity index (χ2v) is 3.86. The molecule has 0 aliphatic carbocycles. The summed E-state index contributed by atoms with van der Waals surface area (Å²) in [5.74, 6) is 0. The maximum Gasteiger partial charge on any atom is 0.257 e. The van der Waals surface area contributed by atoms with Crippen molar-refractivity contribution in [3.8, 4) is 0 Å². The topological polar surface area (TPSA) is 74.3 Å². The molecule has 0 unspecified atom stereocenters. The molecule has 0 bridgehead atoms. The molecular formula is C13H13N3O2. The lowest BCUT2D eigenvalue weighted by Gasteiger charge is -2.16.